The lowest BCUT2D eigenvalue weighted by atomic mass is 9.92. The third-order valence-electron chi connectivity index (χ3n) is 4.90. The van der Waals surface area contributed by atoms with Gasteiger partial charge in [0.05, 0.1) is 18.3 Å². The summed E-state index contributed by atoms with van der Waals surface area (Å²) in [6, 6.07) is 9.74. The Morgan fingerprint density at radius 3 is 2.89 bits per heavy atom. The van der Waals surface area contributed by atoms with Crippen LogP contribution in [-0.2, 0) is 6.54 Å². The molecule has 3 heterocycles. The Kier molecular flexibility index (Phi) is 5.31. The maximum absolute atomic E-state index is 11.1. The Bertz CT molecular complexity index is 888. The number of nitrogens with zero attached hydrogens (tertiary/aromatic N) is 6. The second kappa shape index (κ2) is 8.04. The van der Waals surface area contributed by atoms with Crippen molar-refractivity contribution >= 4 is 5.82 Å². The molecule has 0 aliphatic carbocycles. The van der Waals surface area contributed by atoms with Crippen molar-refractivity contribution in [2.75, 3.05) is 31.6 Å². The van der Waals surface area contributed by atoms with Crippen molar-refractivity contribution in [1.29, 1.82) is 0 Å². The molecule has 1 saturated heterocycles. The second-order valence-corrected chi connectivity index (χ2v) is 7.36. The third-order valence-corrected chi connectivity index (χ3v) is 4.90. The van der Waals surface area contributed by atoms with Crippen molar-refractivity contribution < 1.29 is 9.63 Å². The van der Waals surface area contributed by atoms with Gasteiger partial charge in [-0.15, -0.1) is 0 Å². The highest BCUT2D eigenvalue weighted by atomic mass is 16.5. The van der Waals surface area contributed by atoms with Crippen molar-refractivity contribution in [1.82, 2.24) is 25.0 Å². The topological polar surface area (TPSA) is 91.4 Å². The van der Waals surface area contributed by atoms with Gasteiger partial charge in [-0.1, -0.05) is 35.5 Å². The van der Waals surface area contributed by atoms with Crippen LogP contribution in [0, 0.1) is 0 Å². The van der Waals surface area contributed by atoms with Crippen LogP contribution in [0.15, 0.2) is 53.4 Å². The predicted molar refractivity (Wildman–Crippen MR) is 104 cm³/mol. The molecule has 0 radical (unpaired) electrons. The fourth-order valence-electron chi connectivity index (χ4n) is 3.70. The van der Waals surface area contributed by atoms with Crippen LogP contribution in [0.1, 0.15) is 18.7 Å². The highest BCUT2D eigenvalue weighted by Crippen LogP contribution is 2.25. The lowest BCUT2D eigenvalue weighted by Crippen LogP contribution is -2.54. The molecule has 3 aromatic rings. The first kappa shape index (κ1) is 18.5. The van der Waals surface area contributed by atoms with Gasteiger partial charge in [-0.05, 0) is 19.9 Å². The van der Waals surface area contributed by atoms with Gasteiger partial charge in [0.2, 0.25) is 11.7 Å². The summed E-state index contributed by atoms with van der Waals surface area (Å²) in [5.74, 6) is 1.91. The number of β-amino-alcohol motifs (C(OH)–C–C–N with tert-alkyl or cyclic N) is 1. The van der Waals surface area contributed by atoms with Gasteiger partial charge in [-0.2, -0.15) is 4.98 Å². The van der Waals surface area contributed by atoms with Crippen molar-refractivity contribution in [3.05, 3.63) is 54.8 Å². The second-order valence-electron chi connectivity index (χ2n) is 7.36. The standard InChI is InChI=1S/C20H24N6O2/c1-25(13-18-23-19(24-28-18)16-6-3-2-4-7-16)14-20(27)8-5-11-26(15-20)17-12-21-9-10-22-17/h2-4,6-7,9-10,12,27H,5,8,11,13-15H2,1H3. The van der Waals surface area contributed by atoms with E-state index >= 15 is 0 Å². The SMILES string of the molecule is CN(Cc1nc(-c2ccccc2)no1)CC1(O)CCCN(c2cnccn2)C1. The van der Waals surface area contributed by atoms with Crippen LogP contribution in [0.25, 0.3) is 11.4 Å². The van der Waals surface area contributed by atoms with Crippen molar-refractivity contribution in [3.8, 4) is 11.4 Å². The molecule has 1 unspecified atom stereocenters. The zero-order valence-corrected chi connectivity index (χ0v) is 15.9. The Hall–Kier alpha value is -2.84. The van der Waals surface area contributed by atoms with E-state index in [1.54, 1.807) is 18.6 Å². The maximum Gasteiger partial charge on any atom is 0.241 e. The van der Waals surface area contributed by atoms with Crippen molar-refractivity contribution in [2.24, 2.45) is 0 Å². The molecule has 1 aromatic carbocycles. The van der Waals surface area contributed by atoms with E-state index < -0.39 is 5.60 Å². The molecule has 2 aromatic heterocycles. The normalized spacial score (nSPS) is 19.9. The van der Waals surface area contributed by atoms with Gasteiger partial charge >= 0.3 is 0 Å². The number of hydrogen-bond acceptors (Lipinski definition) is 8. The predicted octanol–water partition coefficient (Wildman–Crippen LogP) is 1.99. The molecule has 0 saturated carbocycles. The summed E-state index contributed by atoms with van der Waals surface area (Å²) in [7, 11) is 1.95. The lowest BCUT2D eigenvalue weighted by Gasteiger charge is -2.41. The van der Waals surface area contributed by atoms with E-state index in [0.717, 1.165) is 30.8 Å². The van der Waals surface area contributed by atoms with Crippen LogP contribution in [0.5, 0.6) is 0 Å². The minimum Gasteiger partial charge on any atom is -0.387 e. The fourth-order valence-corrected chi connectivity index (χ4v) is 3.70. The Balaban J connectivity index is 1.38. The maximum atomic E-state index is 11.1. The van der Waals surface area contributed by atoms with Crippen LogP contribution in [-0.4, -0.2) is 62.4 Å². The monoisotopic (exact) mass is 380 g/mol. The first-order valence-electron chi connectivity index (χ1n) is 9.41. The molecule has 1 aliphatic heterocycles. The van der Waals surface area contributed by atoms with Gasteiger partial charge < -0.3 is 14.5 Å². The quantitative estimate of drug-likeness (QED) is 0.694. The first-order valence-corrected chi connectivity index (χ1v) is 9.41. The van der Waals surface area contributed by atoms with E-state index in [0.29, 0.717) is 31.3 Å². The molecule has 0 amide bonds. The minimum atomic E-state index is -0.827. The molecule has 8 heteroatoms. The van der Waals surface area contributed by atoms with Gasteiger partial charge in [0.25, 0.3) is 0 Å². The van der Waals surface area contributed by atoms with E-state index in [4.69, 9.17) is 4.52 Å². The molecular weight excluding hydrogens is 356 g/mol. The summed E-state index contributed by atoms with van der Waals surface area (Å²) >= 11 is 0. The largest absolute Gasteiger partial charge is 0.387 e. The fraction of sp³-hybridized carbons (Fsp3) is 0.400. The van der Waals surface area contributed by atoms with Gasteiger partial charge in [0, 0.05) is 37.6 Å². The average Bonchev–Trinajstić information content (AvgIpc) is 3.17. The zero-order chi connectivity index (χ0) is 19.4. The summed E-state index contributed by atoms with van der Waals surface area (Å²) < 4.78 is 5.39. The number of rotatable bonds is 6. The molecule has 0 bridgehead atoms. The molecule has 8 nitrogen and oxygen atoms in total. The summed E-state index contributed by atoms with van der Waals surface area (Å²) in [6.45, 7) is 2.38. The molecule has 146 valence electrons. The smallest absolute Gasteiger partial charge is 0.241 e. The Labute approximate surface area is 163 Å². The van der Waals surface area contributed by atoms with Gasteiger partial charge in [0.1, 0.15) is 5.82 Å². The van der Waals surface area contributed by atoms with Gasteiger partial charge in [-0.3, -0.25) is 9.88 Å². The number of anilines is 1. The van der Waals surface area contributed by atoms with Crippen molar-refractivity contribution in [2.45, 2.75) is 25.0 Å². The number of benzene rings is 1. The highest BCUT2D eigenvalue weighted by molar-refractivity contribution is 5.53. The zero-order valence-electron chi connectivity index (χ0n) is 15.9. The lowest BCUT2D eigenvalue weighted by molar-refractivity contribution is -0.00523. The van der Waals surface area contributed by atoms with Gasteiger partial charge in [-0.25, -0.2) is 4.98 Å². The highest BCUT2D eigenvalue weighted by Gasteiger charge is 2.35. The molecule has 1 aliphatic rings. The first-order chi connectivity index (χ1) is 13.6. The minimum absolute atomic E-state index is 0.479. The van der Waals surface area contributed by atoms with Crippen LogP contribution >= 0.6 is 0 Å². The van der Waals surface area contributed by atoms with E-state index in [1.807, 2.05) is 42.3 Å². The van der Waals surface area contributed by atoms with E-state index in [9.17, 15) is 5.11 Å². The number of likely N-dealkylation sites (N-methyl/N-ethyl adjacent to an activating group) is 1. The van der Waals surface area contributed by atoms with E-state index in [1.165, 1.54) is 0 Å². The third kappa shape index (κ3) is 4.35. The number of aliphatic hydroxyl groups is 1. The summed E-state index contributed by atoms with van der Waals surface area (Å²) in [5, 5.41) is 15.2. The summed E-state index contributed by atoms with van der Waals surface area (Å²) in [6.07, 6.45) is 6.71. The van der Waals surface area contributed by atoms with E-state index in [-0.39, 0.29) is 0 Å². The Morgan fingerprint density at radius 2 is 2.11 bits per heavy atom. The number of aromatic nitrogens is 4. The van der Waals surface area contributed by atoms with Crippen LogP contribution in [0.3, 0.4) is 0 Å². The average molecular weight is 380 g/mol. The molecule has 4 rings (SSSR count). The Morgan fingerprint density at radius 1 is 1.25 bits per heavy atom. The molecule has 1 atom stereocenters. The van der Waals surface area contributed by atoms with Crippen LogP contribution < -0.4 is 4.90 Å². The molecular formula is C20H24N6O2. The molecule has 0 spiro atoms. The molecule has 1 N–H and O–H groups in total. The number of piperidine rings is 1. The van der Waals surface area contributed by atoms with Crippen LogP contribution in [0.2, 0.25) is 0 Å². The van der Waals surface area contributed by atoms with Gasteiger partial charge in [0.15, 0.2) is 0 Å². The summed E-state index contributed by atoms with van der Waals surface area (Å²) in [4.78, 5) is 17.1. The van der Waals surface area contributed by atoms with E-state index in [2.05, 4.69) is 25.0 Å². The number of hydrogen-bond donors (Lipinski definition) is 1. The van der Waals surface area contributed by atoms with Crippen molar-refractivity contribution in [3.63, 3.8) is 0 Å². The summed E-state index contributed by atoms with van der Waals surface area (Å²) in [5.41, 5.74) is 0.0953. The van der Waals surface area contributed by atoms with Crippen LogP contribution in [0.4, 0.5) is 5.82 Å². The molecule has 28 heavy (non-hydrogen) atoms. The molecule has 1 fully saturated rings.